The van der Waals surface area contributed by atoms with Crippen molar-refractivity contribution < 1.29 is 13.2 Å². The van der Waals surface area contributed by atoms with E-state index in [-0.39, 0.29) is 10.9 Å². The van der Waals surface area contributed by atoms with E-state index in [1.807, 2.05) is 6.92 Å². The molecule has 0 aliphatic heterocycles. The van der Waals surface area contributed by atoms with Crippen LogP contribution in [0, 0.1) is 5.92 Å². The fourth-order valence-electron chi connectivity index (χ4n) is 1.86. The number of hydrogen-bond donors (Lipinski definition) is 1. The molecule has 1 aliphatic carbocycles. The second kappa shape index (κ2) is 5.19. The maximum atomic E-state index is 12.3. The number of methoxy groups -OCH3 is 1. The molecule has 1 N–H and O–H groups in total. The average Bonchev–Trinajstić information content (AvgIpc) is 3.12. The Labute approximate surface area is 116 Å². The van der Waals surface area contributed by atoms with Crippen molar-refractivity contribution in [1.82, 2.24) is 4.72 Å². The number of nitrogens with one attached hydrogen (secondary N) is 1. The van der Waals surface area contributed by atoms with Gasteiger partial charge in [0.2, 0.25) is 10.0 Å². The molecule has 0 amide bonds. The lowest BCUT2D eigenvalue weighted by Crippen LogP contribution is -2.34. The van der Waals surface area contributed by atoms with E-state index in [0.717, 1.165) is 12.8 Å². The standard InChI is InChI=1S/C12H16BrNO3S/c1-8(9-3-4-9)14-18(15,16)12-7-10(13)5-6-11(12)17-2/h5-9,14H,3-4H2,1-2H3/t8-/m0/s1. The zero-order valence-electron chi connectivity index (χ0n) is 10.3. The zero-order chi connectivity index (χ0) is 13.3. The van der Waals surface area contributed by atoms with Crippen molar-refractivity contribution in [3.05, 3.63) is 22.7 Å². The lowest BCUT2D eigenvalue weighted by Gasteiger charge is -2.15. The van der Waals surface area contributed by atoms with Crippen molar-refractivity contribution in [2.24, 2.45) is 5.92 Å². The van der Waals surface area contributed by atoms with Crippen LogP contribution in [0.15, 0.2) is 27.6 Å². The minimum atomic E-state index is -3.53. The number of halogens is 1. The Morgan fingerprint density at radius 1 is 1.44 bits per heavy atom. The first-order valence-electron chi connectivity index (χ1n) is 5.80. The summed E-state index contributed by atoms with van der Waals surface area (Å²) < 4.78 is 33.1. The van der Waals surface area contributed by atoms with Crippen molar-refractivity contribution in [3.8, 4) is 5.75 Å². The van der Waals surface area contributed by atoms with Gasteiger partial charge >= 0.3 is 0 Å². The Morgan fingerprint density at radius 3 is 2.67 bits per heavy atom. The first kappa shape index (κ1) is 13.8. The van der Waals surface area contributed by atoms with Gasteiger partial charge in [0.25, 0.3) is 0 Å². The molecule has 18 heavy (non-hydrogen) atoms. The highest BCUT2D eigenvalue weighted by molar-refractivity contribution is 9.10. The van der Waals surface area contributed by atoms with Crippen LogP contribution in [0.3, 0.4) is 0 Å². The van der Waals surface area contributed by atoms with Crippen LogP contribution in [0.1, 0.15) is 19.8 Å². The summed E-state index contributed by atoms with van der Waals surface area (Å²) in [5.74, 6) is 0.826. The fourth-order valence-corrected chi connectivity index (χ4v) is 3.88. The number of rotatable bonds is 5. The minimum Gasteiger partial charge on any atom is -0.495 e. The molecule has 2 rings (SSSR count). The SMILES string of the molecule is COc1ccc(Br)cc1S(=O)(=O)N[C@@H](C)C1CC1. The van der Waals surface area contributed by atoms with Crippen LogP contribution in [0.2, 0.25) is 0 Å². The minimum absolute atomic E-state index is 0.0290. The molecule has 1 aromatic rings. The van der Waals surface area contributed by atoms with Gasteiger partial charge in [0.1, 0.15) is 10.6 Å². The third kappa shape index (κ3) is 3.05. The fraction of sp³-hybridized carbons (Fsp3) is 0.500. The molecule has 100 valence electrons. The van der Waals surface area contributed by atoms with E-state index < -0.39 is 10.0 Å². The van der Waals surface area contributed by atoms with Crippen LogP contribution in [0.4, 0.5) is 0 Å². The van der Waals surface area contributed by atoms with Gasteiger partial charge in [-0.15, -0.1) is 0 Å². The number of benzene rings is 1. The summed E-state index contributed by atoms with van der Waals surface area (Å²) in [7, 11) is -2.07. The summed E-state index contributed by atoms with van der Waals surface area (Å²) in [6.45, 7) is 1.90. The van der Waals surface area contributed by atoms with Crippen LogP contribution in [-0.2, 0) is 10.0 Å². The van der Waals surface area contributed by atoms with E-state index in [0.29, 0.717) is 16.1 Å². The first-order valence-corrected chi connectivity index (χ1v) is 8.07. The maximum absolute atomic E-state index is 12.3. The van der Waals surface area contributed by atoms with Gasteiger partial charge in [0, 0.05) is 10.5 Å². The lowest BCUT2D eigenvalue weighted by atomic mass is 10.2. The Balaban J connectivity index is 2.30. The normalized spacial score (nSPS) is 17.5. The molecule has 1 aromatic carbocycles. The predicted molar refractivity (Wildman–Crippen MR) is 73.2 cm³/mol. The molecule has 1 fully saturated rings. The largest absolute Gasteiger partial charge is 0.495 e. The Hall–Kier alpha value is -0.590. The predicted octanol–water partition coefficient (Wildman–Crippen LogP) is 2.53. The zero-order valence-corrected chi connectivity index (χ0v) is 12.7. The van der Waals surface area contributed by atoms with Gasteiger partial charge in [-0.3, -0.25) is 0 Å². The van der Waals surface area contributed by atoms with Gasteiger partial charge in [-0.05, 0) is 43.9 Å². The second-order valence-corrected chi connectivity index (χ2v) is 7.14. The summed E-state index contributed by atoms with van der Waals surface area (Å²) in [5.41, 5.74) is 0. The molecule has 1 atom stereocenters. The summed E-state index contributed by atoms with van der Waals surface area (Å²) >= 11 is 3.28. The smallest absolute Gasteiger partial charge is 0.244 e. The van der Waals surface area contributed by atoms with Crippen LogP contribution < -0.4 is 9.46 Å². The van der Waals surface area contributed by atoms with Crippen LogP contribution in [0.5, 0.6) is 5.75 Å². The molecule has 4 nitrogen and oxygen atoms in total. The van der Waals surface area contributed by atoms with Gasteiger partial charge in [0.15, 0.2) is 0 Å². The summed E-state index contributed by atoms with van der Waals surface area (Å²) in [4.78, 5) is 0.173. The Morgan fingerprint density at radius 2 is 2.11 bits per heavy atom. The van der Waals surface area contributed by atoms with Gasteiger partial charge in [-0.25, -0.2) is 13.1 Å². The van der Waals surface area contributed by atoms with E-state index in [1.54, 1.807) is 18.2 Å². The van der Waals surface area contributed by atoms with Gasteiger partial charge in [0.05, 0.1) is 7.11 Å². The third-order valence-electron chi connectivity index (χ3n) is 3.09. The Bertz CT molecular complexity index is 540. The van der Waals surface area contributed by atoms with Crippen LogP contribution in [0.25, 0.3) is 0 Å². The third-order valence-corrected chi connectivity index (χ3v) is 5.16. The van der Waals surface area contributed by atoms with Gasteiger partial charge in [-0.2, -0.15) is 0 Å². The molecule has 0 heterocycles. The maximum Gasteiger partial charge on any atom is 0.244 e. The molecule has 0 saturated heterocycles. The molecule has 0 unspecified atom stereocenters. The van der Waals surface area contributed by atoms with Crippen molar-refractivity contribution >= 4 is 26.0 Å². The molecule has 0 radical (unpaired) electrons. The molecule has 1 aliphatic rings. The van der Waals surface area contributed by atoms with E-state index >= 15 is 0 Å². The lowest BCUT2D eigenvalue weighted by molar-refractivity contribution is 0.401. The molecular weight excluding hydrogens is 318 g/mol. The number of hydrogen-bond acceptors (Lipinski definition) is 3. The number of ether oxygens (including phenoxy) is 1. The van der Waals surface area contributed by atoms with Crippen molar-refractivity contribution in [1.29, 1.82) is 0 Å². The van der Waals surface area contributed by atoms with E-state index in [4.69, 9.17) is 4.74 Å². The molecule has 0 bridgehead atoms. The van der Waals surface area contributed by atoms with Crippen molar-refractivity contribution in [2.75, 3.05) is 7.11 Å². The molecule has 0 aromatic heterocycles. The highest BCUT2D eigenvalue weighted by atomic mass is 79.9. The van der Waals surface area contributed by atoms with E-state index in [2.05, 4.69) is 20.7 Å². The molecule has 6 heteroatoms. The van der Waals surface area contributed by atoms with E-state index in [9.17, 15) is 8.42 Å². The van der Waals surface area contributed by atoms with Crippen molar-refractivity contribution in [2.45, 2.75) is 30.7 Å². The summed E-state index contributed by atoms with van der Waals surface area (Å²) in [6, 6.07) is 4.92. The highest BCUT2D eigenvalue weighted by Crippen LogP contribution is 2.34. The van der Waals surface area contributed by atoms with Crippen LogP contribution >= 0.6 is 15.9 Å². The monoisotopic (exact) mass is 333 g/mol. The Kier molecular flexibility index (Phi) is 3.99. The molecule has 1 saturated carbocycles. The molecule has 0 spiro atoms. The first-order chi connectivity index (χ1) is 8.44. The van der Waals surface area contributed by atoms with Crippen molar-refractivity contribution in [3.63, 3.8) is 0 Å². The summed E-state index contributed by atoms with van der Waals surface area (Å²) in [5, 5.41) is 0. The average molecular weight is 334 g/mol. The highest BCUT2D eigenvalue weighted by Gasteiger charge is 2.32. The van der Waals surface area contributed by atoms with Gasteiger partial charge < -0.3 is 4.74 Å². The van der Waals surface area contributed by atoms with Crippen LogP contribution in [-0.4, -0.2) is 21.6 Å². The molecular formula is C12H16BrNO3S. The topological polar surface area (TPSA) is 55.4 Å². The van der Waals surface area contributed by atoms with Gasteiger partial charge in [-0.1, -0.05) is 15.9 Å². The quantitative estimate of drug-likeness (QED) is 0.900. The van der Waals surface area contributed by atoms with E-state index in [1.165, 1.54) is 7.11 Å². The number of sulfonamides is 1. The summed E-state index contributed by atoms with van der Waals surface area (Å²) in [6.07, 6.45) is 2.19. The second-order valence-electron chi connectivity index (χ2n) is 4.54.